The first kappa shape index (κ1) is 24.7. The predicted octanol–water partition coefficient (Wildman–Crippen LogP) is 3.15. The van der Waals surface area contributed by atoms with Gasteiger partial charge in [0.1, 0.15) is 0 Å². The van der Waals surface area contributed by atoms with Gasteiger partial charge in [0.15, 0.2) is 5.96 Å². The minimum absolute atomic E-state index is 0. The van der Waals surface area contributed by atoms with E-state index in [2.05, 4.69) is 41.7 Å². The maximum Gasteiger partial charge on any atom is 0.225 e. The molecule has 5 nitrogen and oxygen atoms in total. The van der Waals surface area contributed by atoms with Crippen molar-refractivity contribution in [3.8, 4) is 0 Å². The second kappa shape index (κ2) is 12.8. The van der Waals surface area contributed by atoms with Gasteiger partial charge < -0.3 is 16.0 Å². The van der Waals surface area contributed by atoms with Crippen molar-refractivity contribution in [1.29, 1.82) is 0 Å². The number of guanidine groups is 1. The Labute approximate surface area is 159 Å². The van der Waals surface area contributed by atoms with Crippen LogP contribution in [0.15, 0.2) is 4.99 Å². The highest BCUT2D eigenvalue weighted by Crippen LogP contribution is 2.11. The number of nitrogens with zero attached hydrogens (tertiary/aromatic N) is 1. The summed E-state index contributed by atoms with van der Waals surface area (Å²) >= 11 is 0. The highest BCUT2D eigenvalue weighted by Gasteiger charge is 2.20. The maximum atomic E-state index is 11.7. The molecule has 0 fully saturated rings. The Balaban J connectivity index is 0. The second-order valence-electron chi connectivity index (χ2n) is 7.38. The molecular formula is C17H37IN4O. The zero-order valence-electron chi connectivity index (χ0n) is 16.0. The van der Waals surface area contributed by atoms with Gasteiger partial charge in [-0.3, -0.25) is 9.79 Å². The van der Waals surface area contributed by atoms with Gasteiger partial charge in [0, 0.05) is 31.6 Å². The number of carbonyl (C=O) groups excluding carboxylic acids is 1. The molecule has 0 saturated heterocycles. The molecule has 138 valence electrons. The molecule has 0 aromatic rings. The van der Waals surface area contributed by atoms with Gasteiger partial charge in [0.05, 0.1) is 0 Å². The standard InChI is InChI=1S/C17H36N4O.HI/c1-13(2)9-8-10-14(3)21-16(18-7)20-12-11-19-15(22)17(4,5)6;/h13-14H,8-12H2,1-7H3,(H,19,22)(H2,18,20,21);1H. The monoisotopic (exact) mass is 440 g/mol. The minimum atomic E-state index is -0.342. The molecular weight excluding hydrogens is 403 g/mol. The molecule has 1 amide bonds. The van der Waals surface area contributed by atoms with E-state index >= 15 is 0 Å². The summed E-state index contributed by atoms with van der Waals surface area (Å²) in [6.45, 7) is 13.7. The largest absolute Gasteiger partial charge is 0.355 e. The Morgan fingerprint density at radius 2 is 1.61 bits per heavy atom. The number of hydrogen-bond donors (Lipinski definition) is 3. The second-order valence-corrected chi connectivity index (χ2v) is 7.38. The number of amides is 1. The van der Waals surface area contributed by atoms with Crippen LogP contribution in [0.1, 0.15) is 60.8 Å². The van der Waals surface area contributed by atoms with Crippen LogP contribution in [0.4, 0.5) is 0 Å². The lowest BCUT2D eigenvalue weighted by Gasteiger charge is -2.20. The first-order chi connectivity index (χ1) is 10.2. The minimum Gasteiger partial charge on any atom is -0.355 e. The molecule has 0 bridgehead atoms. The van der Waals surface area contributed by atoms with Gasteiger partial charge in [-0.25, -0.2) is 0 Å². The van der Waals surface area contributed by atoms with Crippen LogP contribution in [0.5, 0.6) is 0 Å². The van der Waals surface area contributed by atoms with Crippen molar-refractivity contribution in [2.75, 3.05) is 20.1 Å². The van der Waals surface area contributed by atoms with Crippen LogP contribution in [-0.4, -0.2) is 38.0 Å². The van der Waals surface area contributed by atoms with Crippen LogP contribution >= 0.6 is 24.0 Å². The van der Waals surface area contributed by atoms with Gasteiger partial charge in [-0.2, -0.15) is 0 Å². The van der Waals surface area contributed by atoms with Gasteiger partial charge in [0.2, 0.25) is 5.91 Å². The molecule has 6 heteroatoms. The van der Waals surface area contributed by atoms with Gasteiger partial charge in [-0.1, -0.05) is 47.5 Å². The number of hydrogen-bond acceptors (Lipinski definition) is 2. The Kier molecular flexibility index (Phi) is 13.8. The summed E-state index contributed by atoms with van der Waals surface area (Å²) in [5.41, 5.74) is -0.342. The summed E-state index contributed by atoms with van der Waals surface area (Å²) < 4.78 is 0. The predicted molar refractivity (Wildman–Crippen MR) is 111 cm³/mol. The molecule has 0 aromatic heterocycles. The van der Waals surface area contributed by atoms with Crippen LogP contribution < -0.4 is 16.0 Å². The van der Waals surface area contributed by atoms with E-state index in [4.69, 9.17) is 0 Å². The van der Waals surface area contributed by atoms with Crippen molar-refractivity contribution >= 4 is 35.8 Å². The van der Waals surface area contributed by atoms with Crippen LogP contribution in [-0.2, 0) is 4.79 Å². The molecule has 0 aromatic carbocycles. The molecule has 0 radical (unpaired) electrons. The lowest BCUT2D eigenvalue weighted by atomic mass is 9.96. The molecule has 0 aliphatic rings. The van der Waals surface area contributed by atoms with E-state index in [0.717, 1.165) is 18.3 Å². The molecule has 3 N–H and O–H groups in total. The van der Waals surface area contributed by atoms with Crippen LogP contribution in [0, 0.1) is 11.3 Å². The summed E-state index contributed by atoms with van der Waals surface area (Å²) in [6, 6.07) is 0.397. The van der Waals surface area contributed by atoms with Gasteiger partial charge in [0.25, 0.3) is 0 Å². The molecule has 0 aliphatic heterocycles. The van der Waals surface area contributed by atoms with E-state index in [1.54, 1.807) is 7.05 Å². The average molecular weight is 440 g/mol. The van der Waals surface area contributed by atoms with Crippen molar-refractivity contribution in [3.05, 3.63) is 0 Å². The number of carbonyl (C=O) groups is 1. The van der Waals surface area contributed by atoms with Crippen LogP contribution in [0.3, 0.4) is 0 Å². The molecule has 0 rings (SSSR count). The van der Waals surface area contributed by atoms with Crippen LogP contribution in [0.25, 0.3) is 0 Å². The van der Waals surface area contributed by atoms with E-state index in [1.807, 2.05) is 20.8 Å². The summed E-state index contributed by atoms with van der Waals surface area (Å²) in [6.07, 6.45) is 3.63. The zero-order chi connectivity index (χ0) is 17.2. The fourth-order valence-corrected chi connectivity index (χ4v) is 1.95. The first-order valence-electron chi connectivity index (χ1n) is 8.42. The number of rotatable bonds is 8. The number of nitrogens with one attached hydrogen (secondary N) is 3. The highest BCUT2D eigenvalue weighted by atomic mass is 127. The van der Waals surface area contributed by atoms with Gasteiger partial charge in [-0.05, 0) is 19.3 Å². The van der Waals surface area contributed by atoms with E-state index in [-0.39, 0.29) is 35.3 Å². The normalized spacial score (nSPS) is 13.3. The van der Waals surface area contributed by atoms with Crippen molar-refractivity contribution in [2.45, 2.75) is 66.8 Å². The number of aliphatic imine (C=N–C) groups is 1. The third-order valence-corrected chi connectivity index (χ3v) is 3.41. The first-order valence-corrected chi connectivity index (χ1v) is 8.42. The van der Waals surface area contributed by atoms with E-state index in [9.17, 15) is 4.79 Å². The third kappa shape index (κ3) is 13.6. The lowest BCUT2D eigenvalue weighted by molar-refractivity contribution is -0.128. The Morgan fingerprint density at radius 3 is 2.09 bits per heavy atom. The fourth-order valence-electron chi connectivity index (χ4n) is 1.95. The van der Waals surface area contributed by atoms with E-state index < -0.39 is 0 Å². The SMILES string of the molecule is CN=C(NCCNC(=O)C(C)(C)C)NC(C)CCCC(C)C.I. The molecule has 0 aliphatic carbocycles. The molecule has 23 heavy (non-hydrogen) atoms. The van der Waals surface area contributed by atoms with Crippen molar-refractivity contribution in [1.82, 2.24) is 16.0 Å². The molecule has 0 heterocycles. The fraction of sp³-hybridized carbons (Fsp3) is 0.882. The average Bonchev–Trinajstić information content (AvgIpc) is 2.40. The summed E-state index contributed by atoms with van der Waals surface area (Å²) in [7, 11) is 1.77. The summed E-state index contributed by atoms with van der Waals surface area (Å²) in [5.74, 6) is 1.62. The molecule has 1 unspecified atom stereocenters. The molecule has 1 atom stereocenters. The molecule has 0 spiro atoms. The maximum absolute atomic E-state index is 11.7. The summed E-state index contributed by atoms with van der Waals surface area (Å²) in [5, 5.41) is 9.53. The van der Waals surface area contributed by atoms with Crippen molar-refractivity contribution < 1.29 is 4.79 Å². The van der Waals surface area contributed by atoms with Crippen molar-refractivity contribution in [2.24, 2.45) is 16.3 Å². The Hall–Kier alpha value is -0.530. The van der Waals surface area contributed by atoms with Crippen LogP contribution in [0.2, 0.25) is 0 Å². The quantitative estimate of drug-likeness (QED) is 0.235. The zero-order valence-corrected chi connectivity index (χ0v) is 18.3. The summed E-state index contributed by atoms with van der Waals surface area (Å²) in [4.78, 5) is 16.0. The topological polar surface area (TPSA) is 65.5 Å². The lowest BCUT2D eigenvalue weighted by Crippen LogP contribution is -2.45. The Bertz CT molecular complexity index is 351. The Morgan fingerprint density at radius 1 is 1.04 bits per heavy atom. The third-order valence-electron chi connectivity index (χ3n) is 3.41. The smallest absolute Gasteiger partial charge is 0.225 e. The van der Waals surface area contributed by atoms with Gasteiger partial charge in [-0.15, -0.1) is 24.0 Å². The number of halogens is 1. The molecule has 0 saturated carbocycles. The van der Waals surface area contributed by atoms with E-state index in [0.29, 0.717) is 19.1 Å². The van der Waals surface area contributed by atoms with Gasteiger partial charge >= 0.3 is 0 Å². The van der Waals surface area contributed by atoms with E-state index in [1.165, 1.54) is 12.8 Å². The van der Waals surface area contributed by atoms with Crippen molar-refractivity contribution in [3.63, 3.8) is 0 Å². The highest BCUT2D eigenvalue weighted by molar-refractivity contribution is 14.0.